The molecule has 23 heavy (non-hydrogen) atoms. The van der Waals surface area contributed by atoms with E-state index in [1.807, 2.05) is 7.05 Å². The van der Waals surface area contributed by atoms with Gasteiger partial charge in [0.25, 0.3) is 5.91 Å². The number of ether oxygens (including phenoxy) is 1. The Hall–Kier alpha value is -1.82. The van der Waals surface area contributed by atoms with Crippen LogP contribution in [0.2, 0.25) is 10.0 Å². The van der Waals surface area contributed by atoms with Crippen molar-refractivity contribution in [1.82, 2.24) is 15.6 Å². The number of aromatic nitrogens is 1. The summed E-state index contributed by atoms with van der Waals surface area (Å²) in [6.07, 6.45) is 2.39. The minimum absolute atomic E-state index is 0.197. The number of halogens is 2. The Labute approximate surface area is 145 Å². The second-order valence-corrected chi connectivity index (χ2v) is 5.59. The molecule has 0 aliphatic heterocycles. The second kappa shape index (κ2) is 8.72. The molecule has 1 aromatic carbocycles. The highest BCUT2D eigenvalue weighted by molar-refractivity contribution is 6.35. The molecule has 7 heteroatoms. The summed E-state index contributed by atoms with van der Waals surface area (Å²) in [4.78, 5) is 16.4. The molecular formula is C16H17Cl2N3O2. The van der Waals surface area contributed by atoms with Crippen LogP contribution in [-0.4, -0.2) is 31.0 Å². The summed E-state index contributed by atoms with van der Waals surface area (Å²) in [7, 11) is 1.87. The number of carbonyl (C=O) groups excluding carboxylic acids is 1. The molecule has 0 saturated carbocycles. The molecule has 1 amide bonds. The first-order valence-electron chi connectivity index (χ1n) is 7.12. The molecule has 2 N–H and O–H groups in total. The van der Waals surface area contributed by atoms with Crippen molar-refractivity contribution in [2.45, 2.75) is 6.42 Å². The average molecular weight is 354 g/mol. The molecule has 0 unspecified atom stereocenters. The van der Waals surface area contributed by atoms with Crippen molar-refractivity contribution in [2.24, 2.45) is 0 Å². The van der Waals surface area contributed by atoms with Crippen molar-refractivity contribution >= 4 is 29.1 Å². The van der Waals surface area contributed by atoms with Crippen molar-refractivity contribution in [2.75, 3.05) is 20.1 Å². The number of hydrogen-bond acceptors (Lipinski definition) is 4. The maximum atomic E-state index is 12.3. The molecule has 0 bridgehead atoms. The standard InChI is InChI=1S/C16H17Cl2N3O2/c1-19-7-3-9-20-15(22)12-4-2-8-21-16(12)23-14-6-5-11(17)10-13(14)18/h2,4-6,8,10,19H,3,7,9H2,1H3,(H,20,22). The van der Waals surface area contributed by atoms with E-state index in [-0.39, 0.29) is 11.8 Å². The quantitative estimate of drug-likeness (QED) is 0.747. The molecule has 0 saturated heterocycles. The van der Waals surface area contributed by atoms with Gasteiger partial charge in [-0.3, -0.25) is 4.79 Å². The summed E-state index contributed by atoms with van der Waals surface area (Å²) in [5.74, 6) is 0.344. The Balaban J connectivity index is 2.12. The summed E-state index contributed by atoms with van der Waals surface area (Å²) in [5.41, 5.74) is 0.350. The van der Waals surface area contributed by atoms with E-state index in [9.17, 15) is 4.79 Å². The maximum absolute atomic E-state index is 12.3. The fourth-order valence-electron chi connectivity index (χ4n) is 1.87. The highest BCUT2D eigenvalue weighted by Gasteiger charge is 2.15. The zero-order valence-electron chi connectivity index (χ0n) is 12.6. The minimum atomic E-state index is -0.241. The van der Waals surface area contributed by atoms with Crippen LogP contribution in [0.15, 0.2) is 36.5 Å². The predicted molar refractivity (Wildman–Crippen MR) is 91.6 cm³/mol. The summed E-state index contributed by atoms with van der Waals surface area (Å²) >= 11 is 11.9. The molecule has 2 aromatic rings. The lowest BCUT2D eigenvalue weighted by molar-refractivity contribution is 0.0950. The van der Waals surface area contributed by atoms with Gasteiger partial charge in [-0.05, 0) is 50.3 Å². The third kappa shape index (κ3) is 5.10. The van der Waals surface area contributed by atoms with Gasteiger partial charge in [-0.2, -0.15) is 0 Å². The Morgan fingerprint density at radius 3 is 2.83 bits per heavy atom. The topological polar surface area (TPSA) is 63.2 Å². The molecular weight excluding hydrogens is 337 g/mol. The minimum Gasteiger partial charge on any atom is -0.437 e. The average Bonchev–Trinajstić information content (AvgIpc) is 2.54. The number of nitrogens with zero attached hydrogens (tertiary/aromatic N) is 1. The Morgan fingerprint density at radius 2 is 2.09 bits per heavy atom. The Kier molecular flexibility index (Phi) is 6.65. The van der Waals surface area contributed by atoms with E-state index in [1.165, 1.54) is 0 Å². The zero-order chi connectivity index (χ0) is 16.7. The molecule has 1 aromatic heterocycles. The first-order chi connectivity index (χ1) is 11.1. The molecule has 0 aliphatic carbocycles. The molecule has 5 nitrogen and oxygen atoms in total. The summed E-state index contributed by atoms with van der Waals surface area (Å²) in [6.45, 7) is 1.40. The Morgan fingerprint density at radius 1 is 1.26 bits per heavy atom. The van der Waals surface area contributed by atoms with E-state index >= 15 is 0 Å². The Bertz CT molecular complexity index is 680. The number of benzene rings is 1. The van der Waals surface area contributed by atoms with Gasteiger partial charge in [0, 0.05) is 17.8 Å². The van der Waals surface area contributed by atoms with Crippen LogP contribution in [0.25, 0.3) is 0 Å². The van der Waals surface area contributed by atoms with Crippen LogP contribution in [0, 0.1) is 0 Å². The van der Waals surface area contributed by atoms with Crippen LogP contribution in [0.3, 0.4) is 0 Å². The van der Waals surface area contributed by atoms with Gasteiger partial charge in [0.1, 0.15) is 11.3 Å². The number of pyridine rings is 1. The van der Waals surface area contributed by atoms with E-state index in [0.717, 1.165) is 13.0 Å². The van der Waals surface area contributed by atoms with Crippen molar-refractivity contribution in [1.29, 1.82) is 0 Å². The smallest absolute Gasteiger partial charge is 0.256 e. The van der Waals surface area contributed by atoms with Crippen molar-refractivity contribution in [3.8, 4) is 11.6 Å². The van der Waals surface area contributed by atoms with Gasteiger partial charge in [0.2, 0.25) is 5.88 Å². The summed E-state index contributed by atoms with van der Waals surface area (Å²) in [6, 6.07) is 8.19. The number of carbonyl (C=O) groups is 1. The molecule has 0 atom stereocenters. The second-order valence-electron chi connectivity index (χ2n) is 4.75. The molecule has 0 aliphatic rings. The van der Waals surface area contributed by atoms with Gasteiger partial charge >= 0.3 is 0 Å². The predicted octanol–water partition coefficient (Wildman–Crippen LogP) is 3.52. The van der Waals surface area contributed by atoms with Gasteiger partial charge in [0.05, 0.1) is 5.02 Å². The lowest BCUT2D eigenvalue weighted by Crippen LogP contribution is -2.27. The first kappa shape index (κ1) is 17.5. The van der Waals surface area contributed by atoms with E-state index in [0.29, 0.717) is 27.9 Å². The lowest BCUT2D eigenvalue weighted by Gasteiger charge is -2.11. The number of hydrogen-bond donors (Lipinski definition) is 2. The molecule has 122 valence electrons. The molecule has 0 radical (unpaired) electrons. The SMILES string of the molecule is CNCCCNC(=O)c1cccnc1Oc1ccc(Cl)cc1Cl. The van der Waals surface area contributed by atoms with Crippen LogP contribution < -0.4 is 15.4 Å². The van der Waals surface area contributed by atoms with Gasteiger partial charge in [-0.25, -0.2) is 4.98 Å². The van der Waals surface area contributed by atoms with Crippen molar-refractivity contribution < 1.29 is 9.53 Å². The molecule has 1 heterocycles. The van der Waals surface area contributed by atoms with Gasteiger partial charge in [0.15, 0.2) is 0 Å². The number of amides is 1. The van der Waals surface area contributed by atoms with E-state index in [4.69, 9.17) is 27.9 Å². The first-order valence-corrected chi connectivity index (χ1v) is 7.88. The number of rotatable bonds is 7. The van der Waals surface area contributed by atoms with E-state index < -0.39 is 0 Å². The largest absolute Gasteiger partial charge is 0.437 e. The molecule has 2 rings (SSSR count). The highest BCUT2D eigenvalue weighted by Crippen LogP contribution is 2.31. The van der Waals surface area contributed by atoms with Crippen molar-refractivity contribution in [3.63, 3.8) is 0 Å². The van der Waals surface area contributed by atoms with E-state index in [1.54, 1.807) is 36.5 Å². The van der Waals surface area contributed by atoms with Crippen molar-refractivity contribution in [3.05, 3.63) is 52.1 Å². The highest BCUT2D eigenvalue weighted by atomic mass is 35.5. The van der Waals surface area contributed by atoms with Gasteiger partial charge < -0.3 is 15.4 Å². The third-order valence-electron chi connectivity index (χ3n) is 3.01. The summed E-state index contributed by atoms with van der Waals surface area (Å²) in [5, 5.41) is 6.71. The maximum Gasteiger partial charge on any atom is 0.256 e. The molecule has 0 fully saturated rings. The number of nitrogens with one attached hydrogen (secondary N) is 2. The summed E-state index contributed by atoms with van der Waals surface area (Å²) < 4.78 is 5.67. The van der Waals surface area contributed by atoms with Gasteiger partial charge in [-0.1, -0.05) is 23.2 Å². The zero-order valence-corrected chi connectivity index (χ0v) is 14.1. The monoisotopic (exact) mass is 353 g/mol. The van der Waals surface area contributed by atoms with E-state index in [2.05, 4.69) is 15.6 Å². The fraction of sp³-hybridized carbons (Fsp3) is 0.250. The fourth-order valence-corrected chi connectivity index (χ4v) is 2.32. The van der Waals surface area contributed by atoms with Crippen LogP contribution in [0.1, 0.15) is 16.8 Å². The van der Waals surface area contributed by atoms with Crippen LogP contribution >= 0.6 is 23.2 Å². The third-order valence-corrected chi connectivity index (χ3v) is 3.54. The molecule has 0 spiro atoms. The van der Waals surface area contributed by atoms with Crippen LogP contribution in [-0.2, 0) is 0 Å². The van der Waals surface area contributed by atoms with Gasteiger partial charge in [-0.15, -0.1) is 0 Å². The lowest BCUT2D eigenvalue weighted by atomic mass is 10.2. The van der Waals surface area contributed by atoms with Crippen LogP contribution in [0.4, 0.5) is 0 Å². The normalized spacial score (nSPS) is 10.4. The van der Waals surface area contributed by atoms with Crippen LogP contribution in [0.5, 0.6) is 11.6 Å².